The van der Waals surface area contributed by atoms with Gasteiger partial charge in [0.05, 0.1) is 11.4 Å². The predicted molar refractivity (Wildman–Crippen MR) is 110 cm³/mol. The molecule has 0 radical (unpaired) electrons. The lowest BCUT2D eigenvalue weighted by molar-refractivity contribution is 0.286. The molecule has 0 aromatic heterocycles. The van der Waals surface area contributed by atoms with E-state index < -0.39 is 9.84 Å². The Morgan fingerprint density at radius 2 is 1.88 bits per heavy atom. The summed E-state index contributed by atoms with van der Waals surface area (Å²) < 4.78 is 23.4. The number of hydrogen-bond acceptors (Lipinski definition) is 3. The van der Waals surface area contributed by atoms with Crippen LogP contribution in [-0.2, 0) is 16.4 Å². The van der Waals surface area contributed by atoms with Gasteiger partial charge in [-0.2, -0.15) is 0 Å². The zero-order valence-corrected chi connectivity index (χ0v) is 18.1. The molecule has 0 aliphatic carbocycles. The standard InChI is InChI=1S/C20H35N3O2S/c1-8-21-19(23-14-20(5,6)12-15(2)3)22-13-17-9-10-18(16(4)11-17)26(7,24)25/h9-11,15H,8,12-14H2,1-7H3,(H2,21,22,23). The van der Waals surface area contributed by atoms with E-state index in [9.17, 15) is 8.42 Å². The topological polar surface area (TPSA) is 70.6 Å². The third-order valence-electron chi connectivity index (χ3n) is 4.10. The quantitative estimate of drug-likeness (QED) is 0.534. The monoisotopic (exact) mass is 381 g/mol. The predicted octanol–water partition coefficient (Wildman–Crippen LogP) is 3.53. The largest absolute Gasteiger partial charge is 0.357 e. The fourth-order valence-electron chi connectivity index (χ4n) is 3.24. The maximum atomic E-state index is 11.7. The van der Waals surface area contributed by atoms with E-state index in [0.29, 0.717) is 17.4 Å². The summed E-state index contributed by atoms with van der Waals surface area (Å²) in [5.41, 5.74) is 1.95. The van der Waals surface area contributed by atoms with E-state index in [-0.39, 0.29) is 5.41 Å². The van der Waals surface area contributed by atoms with Crippen molar-refractivity contribution in [3.05, 3.63) is 29.3 Å². The summed E-state index contributed by atoms with van der Waals surface area (Å²) in [5, 5.41) is 6.70. The van der Waals surface area contributed by atoms with Crippen LogP contribution in [0.25, 0.3) is 0 Å². The third-order valence-corrected chi connectivity index (χ3v) is 5.36. The van der Waals surface area contributed by atoms with Crippen LogP contribution in [0, 0.1) is 18.3 Å². The molecule has 26 heavy (non-hydrogen) atoms. The minimum absolute atomic E-state index is 0.193. The van der Waals surface area contributed by atoms with Crippen LogP contribution in [0.3, 0.4) is 0 Å². The van der Waals surface area contributed by atoms with E-state index in [1.165, 1.54) is 6.26 Å². The second kappa shape index (κ2) is 9.40. The fraction of sp³-hybridized carbons (Fsp3) is 0.650. The molecule has 0 saturated carbocycles. The van der Waals surface area contributed by atoms with Crippen molar-refractivity contribution < 1.29 is 8.42 Å². The van der Waals surface area contributed by atoms with E-state index in [4.69, 9.17) is 0 Å². The van der Waals surface area contributed by atoms with Crippen molar-refractivity contribution in [2.45, 2.75) is 59.4 Å². The molecule has 0 aliphatic heterocycles. The molecule has 0 unspecified atom stereocenters. The molecule has 0 amide bonds. The van der Waals surface area contributed by atoms with Crippen LogP contribution < -0.4 is 10.6 Å². The van der Waals surface area contributed by atoms with E-state index in [1.54, 1.807) is 6.07 Å². The van der Waals surface area contributed by atoms with Crippen molar-refractivity contribution in [1.82, 2.24) is 10.6 Å². The average Bonchev–Trinajstić information content (AvgIpc) is 2.47. The molecule has 0 fully saturated rings. The Bertz CT molecular complexity index is 723. The molecule has 0 heterocycles. The smallest absolute Gasteiger partial charge is 0.191 e. The van der Waals surface area contributed by atoms with Crippen LogP contribution >= 0.6 is 0 Å². The fourth-order valence-corrected chi connectivity index (χ4v) is 4.20. The average molecular weight is 382 g/mol. The van der Waals surface area contributed by atoms with Gasteiger partial charge in [-0.1, -0.05) is 39.8 Å². The van der Waals surface area contributed by atoms with Gasteiger partial charge in [0.25, 0.3) is 0 Å². The normalized spacial score (nSPS) is 13.2. The second-order valence-electron chi connectivity index (χ2n) is 8.18. The van der Waals surface area contributed by atoms with Crippen LogP contribution in [-0.4, -0.2) is 33.7 Å². The van der Waals surface area contributed by atoms with Crippen molar-refractivity contribution in [2.24, 2.45) is 16.3 Å². The number of benzene rings is 1. The van der Waals surface area contributed by atoms with Crippen molar-refractivity contribution in [1.29, 1.82) is 0 Å². The summed E-state index contributed by atoms with van der Waals surface area (Å²) in [4.78, 5) is 5.02. The summed E-state index contributed by atoms with van der Waals surface area (Å²) in [6, 6.07) is 5.40. The van der Waals surface area contributed by atoms with Crippen molar-refractivity contribution in [3.8, 4) is 0 Å². The number of guanidine groups is 1. The first-order valence-corrected chi connectivity index (χ1v) is 11.2. The van der Waals surface area contributed by atoms with Crippen LogP contribution in [0.2, 0.25) is 0 Å². The molecule has 2 N–H and O–H groups in total. The molecule has 0 bridgehead atoms. The van der Waals surface area contributed by atoms with E-state index >= 15 is 0 Å². The van der Waals surface area contributed by atoms with Gasteiger partial charge in [-0.3, -0.25) is 0 Å². The lowest BCUT2D eigenvalue weighted by atomic mass is 9.84. The molecule has 148 valence electrons. The Morgan fingerprint density at radius 3 is 2.38 bits per heavy atom. The Labute approximate surface area is 159 Å². The van der Waals surface area contributed by atoms with Crippen LogP contribution in [0.5, 0.6) is 0 Å². The highest BCUT2D eigenvalue weighted by atomic mass is 32.2. The Kier molecular flexibility index (Phi) is 8.13. The van der Waals surface area contributed by atoms with Crippen molar-refractivity contribution >= 4 is 15.8 Å². The zero-order valence-electron chi connectivity index (χ0n) is 17.3. The Hall–Kier alpha value is -1.56. The minimum atomic E-state index is -3.19. The van der Waals surface area contributed by atoms with Crippen LogP contribution in [0.15, 0.2) is 28.1 Å². The molecular formula is C20H35N3O2S. The van der Waals surface area contributed by atoms with Gasteiger partial charge in [-0.25, -0.2) is 13.4 Å². The molecular weight excluding hydrogens is 346 g/mol. The lowest BCUT2D eigenvalue weighted by Gasteiger charge is -2.28. The van der Waals surface area contributed by atoms with E-state index in [0.717, 1.165) is 36.6 Å². The summed E-state index contributed by atoms with van der Waals surface area (Å²) in [7, 11) is -3.19. The van der Waals surface area contributed by atoms with Gasteiger partial charge < -0.3 is 10.6 Å². The molecule has 0 atom stereocenters. The summed E-state index contributed by atoms with van der Waals surface area (Å²) in [5.74, 6) is 1.44. The number of hydrogen-bond donors (Lipinski definition) is 2. The first kappa shape index (κ1) is 22.5. The lowest BCUT2D eigenvalue weighted by Crippen LogP contribution is -2.42. The van der Waals surface area contributed by atoms with Gasteiger partial charge in [0.1, 0.15) is 0 Å². The van der Waals surface area contributed by atoms with E-state index in [2.05, 4.69) is 43.3 Å². The molecule has 0 saturated heterocycles. The minimum Gasteiger partial charge on any atom is -0.357 e. The molecule has 0 aliphatic rings. The maximum absolute atomic E-state index is 11.7. The molecule has 1 aromatic rings. The van der Waals surface area contributed by atoms with Gasteiger partial charge >= 0.3 is 0 Å². The van der Waals surface area contributed by atoms with E-state index in [1.807, 2.05) is 26.0 Å². The van der Waals surface area contributed by atoms with Crippen LogP contribution in [0.1, 0.15) is 52.2 Å². The third kappa shape index (κ3) is 7.77. The highest BCUT2D eigenvalue weighted by Crippen LogP contribution is 2.24. The number of aliphatic imine (C=N–C) groups is 1. The molecule has 6 heteroatoms. The van der Waals surface area contributed by atoms with Crippen molar-refractivity contribution in [2.75, 3.05) is 19.3 Å². The number of nitrogens with one attached hydrogen (secondary N) is 2. The number of sulfone groups is 1. The number of aryl methyl sites for hydroxylation is 1. The zero-order chi connectivity index (χ0) is 20.0. The number of rotatable bonds is 8. The Morgan fingerprint density at radius 1 is 1.23 bits per heavy atom. The molecule has 1 rings (SSSR count). The van der Waals surface area contributed by atoms with Crippen molar-refractivity contribution in [3.63, 3.8) is 0 Å². The second-order valence-corrected chi connectivity index (χ2v) is 10.2. The maximum Gasteiger partial charge on any atom is 0.191 e. The van der Waals surface area contributed by atoms with Gasteiger partial charge in [-0.15, -0.1) is 0 Å². The molecule has 1 aromatic carbocycles. The number of nitrogens with zero attached hydrogens (tertiary/aromatic N) is 1. The Balaban J connectivity index is 2.82. The molecule has 5 nitrogen and oxygen atoms in total. The summed E-state index contributed by atoms with van der Waals surface area (Å²) in [6.45, 7) is 15.0. The summed E-state index contributed by atoms with van der Waals surface area (Å²) >= 11 is 0. The van der Waals surface area contributed by atoms with Gasteiger partial charge in [0.15, 0.2) is 15.8 Å². The van der Waals surface area contributed by atoms with Gasteiger partial charge in [-0.05, 0) is 48.8 Å². The first-order valence-electron chi connectivity index (χ1n) is 9.26. The van der Waals surface area contributed by atoms with Gasteiger partial charge in [0, 0.05) is 19.3 Å². The molecule has 0 spiro atoms. The van der Waals surface area contributed by atoms with Crippen LogP contribution in [0.4, 0.5) is 0 Å². The highest BCUT2D eigenvalue weighted by Gasteiger charge is 2.19. The summed E-state index contributed by atoms with van der Waals surface area (Å²) in [6.07, 6.45) is 2.38. The SMILES string of the molecule is CCNC(=NCc1ccc(S(C)(=O)=O)c(C)c1)NCC(C)(C)CC(C)C. The van der Waals surface area contributed by atoms with Gasteiger partial charge in [0.2, 0.25) is 0 Å². The first-order chi connectivity index (χ1) is 11.9. The highest BCUT2D eigenvalue weighted by molar-refractivity contribution is 7.90.